The van der Waals surface area contributed by atoms with Crippen molar-refractivity contribution in [2.75, 3.05) is 0 Å². The molecule has 0 amide bonds. The van der Waals surface area contributed by atoms with E-state index in [0.29, 0.717) is 5.65 Å². The molecule has 4 nitrogen and oxygen atoms in total. The highest BCUT2D eigenvalue weighted by Gasteiger charge is 1.94. The van der Waals surface area contributed by atoms with Gasteiger partial charge in [-0.15, -0.1) is 0 Å². The summed E-state index contributed by atoms with van der Waals surface area (Å²) in [5.74, 6) is 0.209. The smallest absolute Gasteiger partial charge is 0.143 e. The summed E-state index contributed by atoms with van der Waals surface area (Å²) in [6.45, 7) is 0. The Morgan fingerprint density at radius 1 is 1.50 bits per heavy atom. The van der Waals surface area contributed by atoms with Gasteiger partial charge in [0.15, 0.2) is 0 Å². The summed E-state index contributed by atoms with van der Waals surface area (Å²) in [6, 6.07) is 1.57. The minimum Gasteiger partial charge on any atom is -0.506 e. The van der Waals surface area contributed by atoms with E-state index in [0.717, 1.165) is 0 Å². The van der Waals surface area contributed by atoms with Crippen LogP contribution in [0.4, 0.5) is 0 Å². The summed E-state index contributed by atoms with van der Waals surface area (Å²) in [6.07, 6.45) is 4.58. The highest BCUT2D eigenvalue weighted by molar-refractivity contribution is 5.44. The zero-order valence-electron chi connectivity index (χ0n) is 5.10. The standard InChI is InChI=1S/C6H5N3O/c10-5-1-6-8-3-7-4-9(6)2-5/h1-4,10H. The lowest BCUT2D eigenvalue weighted by atomic mass is 10.6. The fraction of sp³-hybridized carbons (Fsp3) is 0. The van der Waals surface area contributed by atoms with Gasteiger partial charge in [-0.1, -0.05) is 0 Å². The molecule has 0 atom stereocenters. The number of aromatic hydroxyl groups is 1. The zero-order chi connectivity index (χ0) is 6.97. The van der Waals surface area contributed by atoms with Gasteiger partial charge in [0.2, 0.25) is 0 Å². The van der Waals surface area contributed by atoms with E-state index < -0.39 is 0 Å². The third-order valence-electron chi connectivity index (χ3n) is 1.26. The van der Waals surface area contributed by atoms with E-state index in [9.17, 15) is 0 Å². The predicted molar refractivity (Wildman–Crippen MR) is 34.7 cm³/mol. The van der Waals surface area contributed by atoms with E-state index in [1.54, 1.807) is 23.0 Å². The van der Waals surface area contributed by atoms with Gasteiger partial charge in [0.05, 0.1) is 6.20 Å². The number of fused-ring (bicyclic) bond motifs is 1. The van der Waals surface area contributed by atoms with Gasteiger partial charge >= 0.3 is 0 Å². The van der Waals surface area contributed by atoms with Crippen LogP contribution >= 0.6 is 0 Å². The average molecular weight is 135 g/mol. The zero-order valence-corrected chi connectivity index (χ0v) is 5.10. The summed E-state index contributed by atoms with van der Waals surface area (Å²) in [5.41, 5.74) is 0.701. The van der Waals surface area contributed by atoms with Gasteiger partial charge in [-0.05, 0) is 0 Å². The maximum Gasteiger partial charge on any atom is 0.143 e. The molecule has 0 aliphatic rings. The molecule has 2 heterocycles. The molecule has 1 N–H and O–H groups in total. The van der Waals surface area contributed by atoms with Gasteiger partial charge in [-0.2, -0.15) is 0 Å². The molecule has 50 valence electrons. The quantitative estimate of drug-likeness (QED) is 0.570. The van der Waals surface area contributed by atoms with E-state index in [2.05, 4.69) is 9.97 Å². The number of rotatable bonds is 0. The van der Waals surface area contributed by atoms with Gasteiger partial charge in [-0.3, -0.25) is 4.40 Å². The van der Waals surface area contributed by atoms with E-state index in [-0.39, 0.29) is 5.75 Å². The molecule has 0 bridgehead atoms. The van der Waals surface area contributed by atoms with Gasteiger partial charge in [-0.25, -0.2) is 9.97 Å². The molecule has 0 fully saturated rings. The monoisotopic (exact) mass is 135 g/mol. The summed E-state index contributed by atoms with van der Waals surface area (Å²) < 4.78 is 1.65. The minimum atomic E-state index is 0.209. The molecule has 2 aromatic heterocycles. The third-order valence-corrected chi connectivity index (χ3v) is 1.26. The largest absolute Gasteiger partial charge is 0.506 e. The van der Waals surface area contributed by atoms with E-state index in [1.165, 1.54) is 6.33 Å². The van der Waals surface area contributed by atoms with E-state index >= 15 is 0 Å². The lowest BCUT2D eigenvalue weighted by molar-refractivity contribution is 0.475. The minimum absolute atomic E-state index is 0.209. The molecule has 0 unspecified atom stereocenters. The van der Waals surface area contributed by atoms with Crippen molar-refractivity contribution in [3.05, 3.63) is 24.9 Å². The Morgan fingerprint density at radius 3 is 3.20 bits per heavy atom. The van der Waals surface area contributed by atoms with Gasteiger partial charge in [0, 0.05) is 6.07 Å². The van der Waals surface area contributed by atoms with Crippen LogP contribution in [-0.2, 0) is 0 Å². The van der Waals surface area contributed by atoms with Crippen molar-refractivity contribution >= 4 is 5.65 Å². The SMILES string of the molecule is Oc1cc2ncncn2c1. The van der Waals surface area contributed by atoms with Gasteiger partial charge in [0.25, 0.3) is 0 Å². The number of nitrogens with zero attached hydrogens (tertiary/aromatic N) is 3. The van der Waals surface area contributed by atoms with Crippen LogP contribution in [0.1, 0.15) is 0 Å². The number of hydrogen-bond donors (Lipinski definition) is 1. The van der Waals surface area contributed by atoms with Crippen molar-refractivity contribution in [2.24, 2.45) is 0 Å². The molecule has 0 spiro atoms. The van der Waals surface area contributed by atoms with Crippen LogP contribution in [0.25, 0.3) is 5.65 Å². The first-order valence-corrected chi connectivity index (χ1v) is 2.83. The normalized spacial score (nSPS) is 10.4. The second-order valence-electron chi connectivity index (χ2n) is 1.97. The molecule has 4 heteroatoms. The molecule has 0 saturated heterocycles. The fourth-order valence-electron chi connectivity index (χ4n) is 0.843. The van der Waals surface area contributed by atoms with Crippen LogP contribution < -0.4 is 0 Å². The van der Waals surface area contributed by atoms with E-state index in [1.807, 2.05) is 0 Å². The number of aromatic nitrogens is 3. The maximum absolute atomic E-state index is 8.97. The third kappa shape index (κ3) is 0.621. The Morgan fingerprint density at radius 2 is 2.40 bits per heavy atom. The Balaban J connectivity index is 2.88. The first kappa shape index (κ1) is 5.22. The summed E-state index contributed by atoms with van der Waals surface area (Å²) in [5, 5.41) is 8.97. The molecular weight excluding hydrogens is 130 g/mol. The Kier molecular flexibility index (Phi) is 0.887. The second-order valence-corrected chi connectivity index (χ2v) is 1.97. The molecule has 0 radical (unpaired) electrons. The highest BCUT2D eigenvalue weighted by Crippen LogP contribution is 2.10. The van der Waals surface area contributed by atoms with Gasteiger partial charge in [0.1, 0.15) is 24.1 Å². The predicted octanol–water partition coefficient (Wildman–Crippen LogP) is 0.435. The lowest BCUT2D eigenvalue weighted by Crippen LogP contribution is -1.85. The van der Waals surface area contributed by atoms with Crippen molar-refractivity contribution in [3.8, 4) is 5.75 Å². The maximum atomic E-state index is 8.97. The molecule has 2 aromatic rings. The Hall–Kier alpha value is -1.58. The first-order chi connectivity index (χ1) is 4.86. The van der Waals surface area contributed by atoms with Gasteiger partial charge < -0.3 is 5.11 Å². The summed E-state index contributed by atoms with van der Waals surface area (Å²) in [4.78, 5) is 7.66. The van der Waals surface area contributed by atoms with Crippen LogP contribution in [0.3, 0.4) is 0 Å². The van der Waals surface area contributed by atoms with Crippen LogP contribution in [0.2, 0.25) is 0 Å². The number of hydrogen-bond acceptors (Lipinski definition) is 3. The van der Waals surface area contributed by atoms with Crippen LogP contribution in [-0.4, -0.2) is 19.5 Å². The van der Waals surface area contributed by atoms with Crippen molar-refractivity contribution in [1.29, 1.82) is 0 Å². The summed E-state index contributed by atoms with van der Waals surface area (Å²) in [7, 11) is 0. The van der Waals surface area contributed by atoms with Crippen LogP contribution in [0.15, 0.2) is 24.9 Å². The molecule has 2 rings (SSSR count). The summed E-state index contributed by atoms with van der Waals surface area (Å²) >= 11 is 0. The lowest BCUT2D eigenvalue weighted by Gasteiger charge is -1.86. The Labute approximate surface area is 56.8 Å². The second kappa shape index (κ2) is 1.70. The van der Waals surface area contributed by atoms with Crippen molar-refractivity contribution < 1.29 is 5.11 Å². The van der Waals surface area contributed by atoms with Crippen molar-refractivity contribution in [2.45, 2.75) is 0 Å². The molecule has 0 aromatic carbocycles. The van der Waals surface area contributed by atoms with Crippen molar-refractivity contribution in [1.82, 2.24) is 14.4 Å². The van der Waals surface area contributed by atoms with Crippen molar-refractivity contribution in [3.63, 3.8) is 0 Å². The first-order valence-electron chi connectivity index (χ1n) is 2.83. The molecule has 10 heavy (non-hydrogen) atoms. The molecule has 0 saturated carbocycles. The van der Waals surface area contributed by atoms with Crippen LogP contribution in [0, 0.1) is 0 Å². The highest BCUT2D eigenvalue weighted by atomic mass is 16.3. The fourth-order valence-corrected chi connectivity index (χ4v) is 0.843. The topological polar surface area (TPSA) is 50.4 Å². The van der Waals surface area contributed by atoms with Crippen LogP contribution in [0.5, 0.6) is 5.75 Å². The van der Waals surface area contributed by atoms with E-state index in [4.69, 9.17) is 5.11 Å². The molecule has 0 aliphatic heterocycles. The Bertz CT molecular complexity index is 322. The molecular formula is C6H5N3O. The average Bonchev–Trinajstić information content (AvgIpc) is 2.27. The molecule has 0 aliphatic carbocycles.